The summed E-state index contributed by atoms with van der Waals surface area (Å²) >= 11 is 0. The van der Waals surface area contributed by atoms with Gasteiger partial charge < -0.3 is 4.74 Å². The molecule has 0 aromatic heterocycles. The lowest BCUT2D eigenvalue weighted by Crippen LogP contribution is -2.23. The van der Waals surface area contributed by atoms with Gasteiger partial charge in [0, 0.05) is 6.42 Å². The fourth-order valence-electron chi connectivity index (χ4n) is 2.23. The molecule has 1 aliphatic rings. The smallest absolute Gasteiger partial charge is 0.313 e. The predicted molar refractivity (Wildman–Crippen MR) is 66.7 cm³/mol. The Morgan fingerprint density at radius 3 is 2.24 bits per heavy atom. The Morgan fingerprint density at radius 2 is 1.71 bits per heavy atom. The molecule has 0 spiro atoms. The molecule has 3 heteroatoms. The Bertz CT molecular complexity index is 270. The third kappa shape index (κ3) is 6.44. The molecule has 0 aromatic rings. The van der Waals surface area contributed by atoms with Crippen LogP contribution >= 0.6 is 0 Å². The van der Waals surface area contributed by atoms with Crippen molar-refractivity contribution in [3.8, 4) is 0 Å². The first-order valence-corrected chi connectivity index (χ1v) is 6.58. The molecule has 1 rings (SSSR count). The standard InChI is InChI=1S/C14H24O3/c1-14(2,3)10-11(15)9-13(16)17-12-7-5-4-6-8-12/h12H,4-10H2,1-3H3. The number of carbonyl (C=O) groups is 2. The zero-order valence-electron chi connectivity index (χ0n) is 11.3. The lowest BCUT2D eigenvalue weighted by atomic mass is 9.89. The molecule has 1 fully saturated rings. The summed E-state index contributed by atoms with van der Waals surface area (Å²) in [5, 5.41) is 0. The van der Waals surface area contributed by atoms with E-state index in [1.165, 1.54) is 6.42 Å². The first kappa shape index (κ1) is 14.2. The first-order chi connectivity index (χ1) is 7.87. The molecule has 0 bridgehead atoms. The van der Waals surface area contributed by atoms with E-state index in [0.717, 1.165) is 25.7 Å². The zero-order valence-corrected chi connectivity index (χ0v) is 11.3. The van der Waals surface area contributed by atoms with Crippen LogP contribution in [0, 0.1) is 5.41 Å². The largest absolute Gasteiger partial charge is 0.462 e. The number of hydrogen-bond acceptors (Lipinski definition) is 3. The average Bonchev–Trinajstić information content (AvgIpc) is 2.15. The molecule has 3 nitrogen and oxygen atoms in total. The fourth-order valence-corrected chi connectivity index (χ4v) is 2.23. The van der Waals surface area contributed by atoms with Crippen LogP contribution in [0.15, 0.2) is 0 Å². The molecule has 0 heterocycles. The molecule has 17 heavy (non-hydrogen) atoms. The highest BCUT2D eigenvalue weighted by molar-refractivity contribution is 5.95. The number of esters is 1. The van der Waals surface area contributed by atoms with Crippen LogP contribution in [0.25, 0.3) is 0 Å². The normalized spacial score (nSPS) is 17.8. The Morgan fingerprint density at radius 1 is 1.12 bits per heavy atom. The SMILES string of the molecule is CC(C)(C)CC(=O)CC(=O)OC1CCCCC1. The summed E-state index contributed by atoms with van der Waals surface area (Å²) in [6.45, 7) is 5.99. The van der Waals surface area contributed by atoms with Crippen molar-refractivity contribution >= 4 is 11.8 Å². The fraction of sp³-hybridized carbons (Fsp3) is 0.857. The third-order valence-corrected chi connectivity index (χ3v) is 2.92. The maximum absolute atomic E-state index is 11.6. The van der Waals surface area contributed by atoms with E-state index in [1.807, 2.05) is 20.8 Å². The van der Waals surface area contributed by atoms with Crippen molar-refractivity contribution in [3.05, 3.63) is 0 Å². The number of carbonyl (C=O) groups excluding carboxylic acids is 2. The molecular formula is C14H24O3. The summed E-state index contributed by atoms with van der Waals surface area (Å²) in [5.74, 6) is -0.357. The summed E-state index contributed by atoms with van der Waals surface area (Å²) in [7, 11) is 0. The van der Waals surface area contributed by atoms with Gasteiger partial charge in [-0.05, 0) is 31.1 Å². The van der Waals surface area contributed by atoms with E-state index in [-0.39, 0.29) is 29.7 Å². The van der Waals surface area contributed by atoms with Crippen LogP contribution < -0.4 is 0 Å². The Balaban J connectivity index is 2.26. The molecule has 0 radical (unpaired) electrons. The van der Waals surface area contributed by atoms with Crippen LogP contribution in [-0.2, 0) is 14.3 Å². The Labute approximate surface area is 104 Å². The number of Topliss-reactive ketones (excluding diaryl/α,β-unsaturated/α-hetero) is 1. The van der Waals surface area contributed by atoms with Gasteiger partial charge in [0.1, 0.15) is 18.3 Å². The predicted octanol–water partition coefficient (Wildman–Crippen LogP) is 3.26. The Hall–Kier alpha value is -0.860. The molecule has 0 aliphatic heterocycles. The minimum absolute atomic E-state index is 0.0155. The highest BCUT2D eigenvalue weighted by atomic mass is 16.5. The second-order valence-corrected chi connectivity index (χ2v) is 6.20. The van der Waals surface area contributed by atoms with Gasteiger partial charge in [0.15, 0.2) is 0 Å². The molecular weight excluding hydrogens is 216 g/mol. The summed E-state index contributed by atoms with van der Waals surface area (Å²) in [5.41, 5.74) is -0.0534. The highest BCUT2D eigenvalue weighted by Gasteiger charge is 2.22. The van der Waals surface area contributed by atoms with Gasteiger partial charge in [0.05, 0.1) is 0 Å². The quantitative estimate of drug-likeness (QED) is 0.559. The minimum atomic E-state index is -0.342. The maximum Gasteiger partial charge on any atom is 0.313 e. The van der Waals surface area contributed by atoms with E-state index in [4.69, 9.17) is 4.74 Å². The topological polar surface area (TPSA) is 43.4 Å². The second kappa shape index (κ2) is 6.18. The van der Waals surface area contributed by atoms with Crippen molar-refractivity contribution in [1.29, 1.82) is 0 Å². The van der Waals surface area contributed by atoms with Gasteiger partial charge >= 0.3 is 5.97 Å². The molecule has 0 saturated heterocycles. The van der Waals surface area contributed by atoms with Gasteiger partial charge in [0.2, 0.25) is 0 Å². The van der Waals surface area contributed by atoms with Crippen molar-refractivity contribution in [2.75, 3.05) is 0 Å². The van der Waals surface area contributed by atoms with Crippen LogP contribution in [0.3, 0.4) is 0 Å². The van der Waals surface area contributed by atoms with Gasteiger partial charge in [-0.15, -0.1) is 0 Å². The molecule has 0 aromatic carbocycles. The molecule has 0 atom stereocenters. The molecule has 1 saturated carbocycles. The number of ether oxygens (including phenoxy) is 1. The molecule has 0 unspecified atom stereocenters. The van der Waals surface area contributed by atoms with Crippen molar-refractivity contribution in [2.45, 2.75) is 71.8 Å². The summed E-state index contributed by atoms with van der Waals surface area (Å²) in [6.07, 6.45) is 5.84. The summed E-state index contributed by atoms with van der Waals surface area (Å²) in [4.78, 5) is 23.2. The van der Waals surface area contributed by atoms with E-state index < -0.39 is 0 Å². The maximum atomic E-state index is 11.6. The van der Waals surface area contributed by atoms with Crippen LogP contribution in [-0.4, -0.2) is 17.9 Å². The van der Waals surface area contributed by atoms with Gasteiger partial charge in [0.25, 0.3) is 0 Å². The van der Waals surface area contributed by atoms with E-state index in [9.17, 15) is 9.59 Å². The van der Waals surface area contributed by atoms with Gasteiger partial charge in [-0.3, -0.25) is 9.59 Å². The lowest BCUT2D eigenvalue weighted by Gasteiger charge is -2.22. The number of ketones is 1. The van der Waals surface area contributed by atoms with Crippen LogP contribution in [0.5, 0.6) is 0 Å². The molecule has 98 valence electrons. The first-order valence-electron chi connectivity index (χ1n) is 6.58. The summed E-state index contributed by atoms with van der Waals surface area (Å²) in [6, 6.07) is 0. The van der Waals surface area contributed by atoms with Crippen molar-refractivity contribution in [3.63, 3.8) is 0 Å². The molecule has 0 N–H and O–H groups in total. The van der Waals surface area contributed by atoms with E-state index >= 15 is 0 Å². The highest BCUT2D eigenvalue weighted by Crippen LogP contribution is 2.22. The molecule has 0 amide bonds. The van der Waals surface area contributed by atoms with Gasteiger partial charge in [-0.2, -0.15) is 0 Å². The Kier molecular flexibility index (Phi) is 5.16. The van der Waals surface area contributed by atoms with Crippen molar-refractivity contribution in [2.24, 2.45) is 5.41 Å². The number of rotatable bonds is 4. The monoisotopic (exact) mass is 240 g/mol. The van der Waals surface area contributed by atoms with Crippen LogP contribution in [0.1, 0.15) is 65.7 Å². The van der Waals surface area contributed by atoms with Crippen LogP contribution in [0.2, 0.25) is 0 Å². The average molecular weight is 240 g/mol. The summed E-state index contributed by atoms with van der Waals surface area (Å²) < 4.78 is 5.32. The molecule has 1 aliphatic carbocycles. The van der Waals surface area contributed by atoms with E-state index in [2.05, 4.69) is 0 Å². The van der Waals surface area contributed by atoms with Gasteiger partial charge in [-0.1, -0.05) is 27.2 Å². The minimum Gasteiger partial charge on any atom is -0.462 e. The lowest BCUT2D eigenvalue weighted by molar-refractivity contribution is -0.152. The van der Waals surface area contributed by atoms with E-state index in [0.29, 0.717) is 6.42 Å². The van der Waals surface area contributed by atoms with Crippen molar-refractivity contribution < 1.29 is 14.3 Å². The van der Waals surface area contributed by atoms with Crippen LogP contribution in [0.4, 0.5) is 0 Å². The van der Waals surface area contributed by atoms with Crippen molar-refractivity contribution in [1.82, 2.24) is 0 Å². The third-order valence-electron chi connectivity index (χ3n) is 2.92. The zero-order chi connectivity index (χ0) is 12.9. The second-order valence-electron chi connectivity index (χ2n) is 6.20. The number of hydrogen-bond donors (Lipinski definition) is 0. The van der Waals surface area contributed by atoms with E-state index in [1.54, 1.807) is 0 Å². The van der Waals surface area contributed by atoms with Gasteiger partial charge in [-0.25, -0.2) is 0 Å².